The monoisotopic (exact) mass is 346 g/mol. The standard InChI is InChI=1S/C19H23FN2O3/c1-21-19(24)18(12-23)22(2)11-14-6-8-17(9-7-14)25-13-15-4-3-5-16(20)10-15/h3-10,18,23H,11-13H2,1-2H3,(H,21,24). The first-order valence-electron chi connectivity index (χ1n) is 8.02. The summed E-state index contributed by atoms with van der Waals surface area (Å²) in [6.07, 6.45) is 0. The van der Waals surface area contributed by atoms with Crippen molar-refractivity contribution in [3.8, 4) is 5.75 Å². The first-order chi connectivity index (χ1) is 12.0. The van der Waals surface area contributed by atoms with Crippen molar-refractivity contribution in [1.82, 2.24) is 10.2 Å². The highest BCUT2D eigenvalue weighted by Gasteiger charge is 2.21. The van der Waals surface area contributed by atoms with Gasteiger partial charge in [-0.25, -0.2) is 4.39 Å². The maximum atomic E-state index is 13.1. The van der Waals surface area contributed by atoms with Crippen LogP contribution in [0.25, 0.3) is 0 Å². The predicted octanol–water partition coefficient (Wildman–Crippen LogP) is 1.94. The van der Waals surface area contributed by atoms with Crippen molar-refractivity contribution in [2.75, 3.05) is 20.7 Å². The van der Waals surface area contributed by atoms with Gasteiger partial charge in [0.1, 0.15) is 24.2 Å². The highest BCUT2D eigenvalue weighted by molar-refractivity contribution is 5.81. The number of carbonyl (C=O) groups is 1. The van der Waals surface area contributed by atoms with Crippen LogP contribution in [0.2, 0.25) is 0 Å². The molecule has 1 amide bonds. The van der Waals surface area contributed by atoms with Crippen LogP contribution in [0.5, 0.6) is 5.75 Å². The second-order valence-electron chi connectivity index (χ2n) is 5.79. The third-order valence-electron chi connectivity index (χ3n) is 3.90. The lowest BCUT2D eigenvalue weighted by Crippen LogP contribution is -2.46. The minimum Gasteiger partial charge on any atom is -0.489 e. The Balaban J connectivity index is 1.92. The summed E-state index contributed by atoms with van der Waals surface area (Å²) in [5, 5.41) is 11.9. The van der Waals surface area contributed by atoms with Crippen molar-refractivity contribution >= 4 is 5.91 Å². The third kappa shape index (κ3) is 5.55. The number of aliphatic hydroxyl groups is 1. The van der Waals surface area contributed by atoms with Crippen LogP contribution in [-0.2, 0) is 17.9 Å². The molecule has 0 fully saturated rings. The van der Waals surface area contributed by atoms with Gasteiger partial charge in [0.15, 0.2) is 0 Å². The van der Waals surface area contributed by atoms with Gasteiger partial charge in [0.2, 0.25) is 5.91 Å². The molecule has 0 aliphatic heterocycles. The van der Waals surface area contributed by atoms with E-state index < -0.39 is 6.04 Å². The summed E-state index contributed by atoms with van der Waals surface area (Å²) in [5.74, 6) is 0.176. The molecule has 5 nitrogen and oxygen atoms in total. The Labute approximate surface area is 147 Å². The second kappa shape index (κ2) is 9.15. The van der Waals surface area contributed by atoms with Crippen LogP contribution in [0.3, 0.4) is 0 Å². The number of hydrogen-bond acceptors (Lipinski definition) is 4. The lowest BCUT2D eigenvalue weighted by atomic mass is 10.1. The molecule has 0 saturated carbocycles. The number of carbonyl (C=O) groups excluding carboxylic acids is 1. The molecule has 0 aromatic heterocycles. The molecule has 6 heteroatoms. The van der Waals surface area contributed by atoms with E-state index in [0.29, 0.717) is 18.9 Å². The number of benzene rings is 2. The molecule has 134 valence electrons. The number of hydrogen-bond donors (Lipinski definition) is 2. The minimum absolute atomic E-state index is 0.222. The van der Waals surface area contributed by atoms with E-state index in [0.717, 1.165) is 11.1 Å². The first kappa shape index (κ1) is 18.9. The molecule has 2 aromatic carbocycles. The van der Waals surface area contributed by atoms with Gasteiger partial charge in [-0.05, 0) is 42.4 Å². The van der Waals surface area contributed by atoms with Crippen molar-refractivity contribution in [3.05, 3.63) is 65.5 Å². The van der Waals surface area contributed by atoms with Crippen LogP contribution in [0.4, 0.5) is 4.39 Å². The van der Waals surface area contributed by atoms with Gasteiger partial charge in [-0.15, -0.1) is 0 Å². The summed E-state index contributed by atoms with van der Waals surface area (Å²) >= 11 is 0. The largest absolute Gasteiger partial charge is 0.489 e. The highest BCUT2D eigenvalue weighted by atomic mass is 19.1. The quantitative estimate of drug-likeness (QED) is 0.767. The van der Waals surface area contributed by atoms with Gasteiger partial charge in [-0.3, -0.25) is 9.69 Å². The fourth-order valence-corrected chi connectivity index (χ4v) is 2.47. The Bertz CT molecular complexity index is 691. The van der Waals surface area contributed by atoms with Crippen molar-refractivity contribution in [2.45, 2.75) is 19.2 Å². The van der Waals surface area contributed by atoms with Gasteiger partial charge in [-0.1, -0.05) is 24.3 Å². The van der Waals surface area contributed by atoms with Crippen molar-refractivity contribution < 1.29 is 19.0 Å². The van der Waals surface area contributed by atoms with Gasteiger partial charge in [0.05, 0.1) is 6.61 Å². The van der Waals surface area contributed by atoms with Crippen LogP contribution in [-0.4, -0.2) is 42.7 Å². The molecule has 0 radical (unpaired) electrons. The van der Waals surface area contributed by atoms with E-state index >= 15 is 0 Å². The zero-order chi connectivity index (χ0) is 18.2. The van der Waals surface area contributed by atoms with Crippen LogP contribution < -0.4 is 10.1 Å². The molecule has 1 unspecified atom stereocenters. The third-order valence-corrected chi connectivity index (χ3v) is 3.90. The second-order valence-corrected chi connectivity index (χ2v) is 5.79. The van der Waals surface area contributed by atoms with Gasteiger partial charge >= 0.3 is 0 Å². The molecule has 0 saturated heterocycles. The molecule has 2 aromatic rings. The first-order valence-corrected chi connectivity index (χ1v) is 8.02. The number of amides is 1. The number of likely N-dealkylation sites (N-methyl/N-ethyl adjacent to an activating group) is 2. The SMILES string of the molecule is CNC(=O)C(CO)N(C)Cc1ccc(OCc2cccc(F)c2)cc1. The van der Waals surface area contributed by atoms with Gasteiger partial charge in [-0.2, -0.15) is 0 Å². The fourth-order valence-electron chi connectivity index (χ4n) is 2.47. The molecule has 2 N–H and O–H groups in total. The Morgan fingerprint density at radius 1 is 1.24 bits per heavy atom. The van der Waals surface area contributed by atoms with E-state index in [1.807, 2.05) is 24.3 Å². The normalized spacial score (nSPS) is 12.0. The summed E-state index contributed by atoms with van der Waals surface area (Å²) in [6, 6.07) is 13.2. The highest BCUT2D eigenvalue weighted by Crippen LogP contribution is 2.16. The van der Waals surface area contributed by atoms with Crippen LogP contribution >= 0.6 is 0 Å². The van der Waals surface area contributed by atoms with Crippen LogP contribution in [0.1, 0.15) is 11.1 Å². The van der Waals surface area contributed by atoms with E-state index in [1.54, 1.807) is 31.1 Å². The molecular weight excluding hydrogens is 323 g/mol. The molecular formula is C19H23FN2O3. The number of ether oxygens (including phenoxy) is 1. The molecule has 1 atom stereocenters. The summed E-state index contributed by atoms with van der Waals surface area (Å²) in [5.41, 5.74) is 1.75. The number of halogens is 1. The topological polar surface area (TPSA) is 61.8 Å². The van der Waals surface area contributed by atoms with Gasteiger partial charge < -0.3 is 15.2 Å². The van der Waals surface area contributed by atoms with E-state index in [1.165, 1.54) is 12.1 Å². The molecule has 2 rings (SSSR count). The molecule has 0 heterocycles. The summed E-state index contributed by atoms with van der Waals surface area (Å²) < 4.78 is 18.8. The van der Waals surface area contributed by atoms with Crippen LogP contribution in [0, 0.1) is 5.82 Å². The zero-order valence-corrected chi connectivity index (χ0v) is 14.4. The zero-order valence-electron chi connectivity index (χ0n) is 14.4. The number of nitrogens with zero attached hydrogens (tertiary/aromatic N) is 1. The number of aliphatic hydroxyl groups excluding tert-OH is 1. The Hall–Kier alpha value is -2.44. The Morgan fingerprint density at radius 3 is 2.56 bits per heavy atom. The average molecular weight is 346 g/mol. The maximum Gasteiger partial charge on any atom is 0.239 e. The molecule has 0 aliphatic rings. The van der Waals surface area contributed by atoms with Gasteiger partial charge in [0, 0.05) is 13.6 Å². The Morgan fingerprint density at radius 2 is 1.96 bits per heavy atom. The predicted molar refractivity (Wildman–Crippen MR) is 93.6 cm³/mol. The molecule has 0 bridgehead atoms. The number of rotatable bonds is 8. The van der Waals surface area contributed by atoms with Crippen molar-refractivity contribution in [2.24, 2.45) is 0 Å². The Kier molecular flexibility index (Phi) is 6.91. The fraction of sp³-hybridized carbons (Fsp3) is 0.316. The molecule has 0 spiro atoms. The molecule has 0 aliphatic carbocycles. The summed E-state index contributed by atoms with van der Waals surface area (Å²) in [4.78, 5) is 13.5. The van der Waals surface area contributed by atoms with E-state index in [-0.39, 0.29) is 18.3 Å². The maximum absolute atomic E-state index is 13.1. The average Bonchev–Trinajstić information content (AvgIpc) is 2.61. The van der Waals surface area contributed by atoms with Gasteiger partial charge in [0.25, 0.3) is 0 Å². The summed E-state index contributed by atoms with van der Waals surface area (Å²) in [7, 11) is 3.33. The smallest absolute Gasteiger partial charge is 0.239 e. The lowest BCUT2D eigenvalue weighted by Gasteiger charge is -2.25. The lowest BCUT2D eigenvalue weighted by molar-refractivity contribution is -0.127. The van der Waals surface area contributed by atoms with Crippen molar-refractivity contribution in [3.63, 3.8) is 0 Å². The minimum atomic E-state index is -0.589. The van der Waals surface area contributed by atoms with E-state index in [9.17, 15) is 14.3 Å². The van der Waals surface area contributed by atoms with Crippen LogP contribution in [0.15, 0.2) is 48.5 Å². The van der Waals surface area contributed by atoms with E-state index in [4.69, 9.17) is 4.74 Å². The van der Waals surface area contributed by atoms with Crippen molar-refractivity contribution in [1.29, 1.82) is 0 Å². The summed E-state index contributed by atoms with van der Waals surface area (Å²) in [6.45, 7) is 0.564. The number of nitrogens with one attached hydrogen (secondary N) is 1. The van der Waals surface area contributed by atoms with E-state index in [2.05, 4.69) is 5.32 Å². The molecule has 25 heavy (non-hydrogen) atoms.